The summed E-state index contributed by atoms with van der Waals surface area (Å²) < 4.78 is 17.1. The van der Waals surface area contributed by atoms with E-state index in [1.165, 1.54) is 0 Å². The van der Waals surface area contributed by atoms with Crippen molar-refractivity contribution in [2.24, 2.45) is 0 Å². The van der Waals surface area contributed by atoms with E-state index in [0.717, 1.165) is 23.5 Å². The van der Waals surface area contributed by atoms with Crippen LogP contribution < -0.4 is 0 Å². The molecule has 0 amide bonds. The van der Waals surface area contributed by atoms with E-state index in [-0.39, 0.29) is 12.2 Å². The minimum absolute atomic E-state index is 0.0100. The number of hydrogen-bond acceptors (Lipinski definition) is 5. The zero-order valence-corrected chi connectivity index (χ0v) is 15.0. The van der Waals surface area contributed by atoms with Crippen LogP contribution in [0.1, 0.15) is 49.7 Å². The van der Waals surface area contributed by atoms with Crippen LogP contribution in [0.4, 0.5) is 0 Å². The predicted octanol–water partition coefficient (Wildman–Crippen LogP) is 2.76. The van der Waals surface area contributed by atoms with Crippen LogP contribution in [0.5, 0.6) is 0 Å². The zero-order valence-electron chi connectivity index (χ0n) is 15.0. The van der Waals surface area contributed by atoms with Gasteiger partial charge >= 0.3 is 0 Å². The minimum Gasteiger partial charge on any atom is -0.376 e. The second-order valence-electron chi connectivity index (χ2n) is 6.71. The van der Waals surface area contributed by atoms with Gasteiger partial charge in [0.1, 0.15) is 6.10 Å². The fourth-order valence-electron chi connectivity index (χ4n) is 2.62. The summed E-state index contributed by atoms with van der Waals surface area (Å²) in [6.07, 6.45) is 0.0237. The summed E-state index contributed by atoms with van der Waals surface area (Å²) in [5, 5.41) is 0. The lowest BCUT2D eigenvalue weighted by atomic mass is 10.0. The van der Waals surface area contributed by atoms with Crippen LogP contribution in [0.25, 0.3) is 0 Å². The molecule has 2 heterocycles. The first kappa shape index (κ1) is 18.3. The molecule has 0 saturated carbocycles. The smallest absolute Gasteiger partial charge is 0.104 e. The van der Waals surface area contributed by atoms with Gasteiger partial charge in [0.15, 0.2) is 0 Å². The van der Waals surface area contributed by atoms with Crippen molar-refractivity contribution < 1.29 is 14.2 Å². The maximum atomic E-state index is 6.03. The number of aromatic nitrogens is 1. The Morgan fingerprint density at radius 1 is 1.26 bits per heavy atom. The zero-order chi connectivity index (χ0) is 16.8. The summed E-state index contributed by atoms with van der Waals surface area (Å²) in [5.41, 5.74) is 3.37. The summed E-state index contributed by atoms with van der Waals surface area (Å²) in [4.78, 5) is 6.99. The van der Waals surface area contributed by atoms with Crippen LogP contribution in [0.15, 0.2) is 12.1 Å². The molecule has 5 heteroatoms. The van der Waals surface area contributed by atoms with Gasteiger partial charge in [-0.3, -0.25) is 4.98 Å². The fraction of sp³-hybridized carbons (Fsp3) is 0.722. The molecule has 0 aliphatic carbocycles. The molecule has 1 aliphatic heterocycles. The Kier molecular flexibility index (Phi) is 6.96. The van der Waals surface area contributed by atoms with Crippen molar-refractivity contribution in [2.45, 2.75) is 45.4 Å². The number of ether oxygens (including phenoxy) is 3. The normalized spacial score (nSPS) is 20.2. The van der Waals surface area contributed by atoms with Crippen molar-refractivity contribution in [3.8, 4) is 0 Å². The van der Waals surface area contributed by atoms with E-state index in [9.17, 15) is 0 Å². The number of nitrogens with zero attached hydrogens (tertiary/aromatic N) is 2. The molecule has 0 unspecified atom stereocenters. The monoisotopic (exact) mass is 322 g/mol. The van der Waals surface area contributed by atoms with Gasteiger partial charge in [-0.25, -0.2) is 0 Å². The van der Waals surface area contributed by atoms with Gasteiger partial charge in [0.2, 0.25) is 0 Å². The Balaban J connectivity index is 2.06. The quantitative estimate of drug-likeness (QED) is 0.772. The van der Waals surface area contributed by atoms with Crippen LogP contribution in [-0.4, -0.2) is 56.5 Å². The van der Waals surface area contributed by atoms with Gasteiger partial charge in [-0.2, -0.15) is 0 Å². The molecule has 1 fully saturated rings. The van der Waals surface area contributed by atoms with Crippen LogP contribution in [0.3, 0.4) is 0 Å². The third-order valence-corrected chi connectivity index (χ3v) is 3.94. The van der Waals surface area contributed by atoms with E-state index in [2.05, 4.69) is 51.9 Å². The highest BCUT2D eigenvalue weighted by molar-refractivity contribution is 5.26. The van der Waals surface area contributed by atoms with Gasteiger partial charge in [0.05, 0.1) is 38.2 Å². The molecular formula is C18H30N2O3. The van der Waals surface area contributed by atoms with E-state index >= 15 is 0 Å². The van der Waals surface area contributed by atoms with Crippen molar-refractivity contribution in [3.05, 3.63) is 29.1 Å². The summed E-state index contributed by atoms with van der Waals surface area (Å²) in [6, 6.07) is 4.27. The highest BCUT2D eigenvalue weighted by Gasteiger charge is 2.19. The average molecular weight is 322 g/mol. The van der Waals surface area contributed by atoms with E-state index in [4.69, 9.17) is 19.2 Å². The molecule has 0 aromatic carbocycles. The third kappa shape index (κ3) is 5.53. The molecule has 130 valence electrons. The Morgan fingerprint density at radius 2 is 2.04 bits per heavy atom. The van der Waals surface area contributed by atoms with Crippen LogP contribution in [0, 0.1) is 0 Å². The van der Waals surface area contributed by atoms with Gasteiger partial charge in [0.25, 0.3) is 0 Å². The summed E-state index contributed by atoms with van der Waals surface area (Å²) in [6.45, 7) is 9.72. The molecule has 0 radical (unpaired) electrons. The molecule has 5 nitrogen and oxygen atoms in total. The maximum absolute atomic E-state index is 6.03. The van der Waals surface area contributed by atoms with E-state index in [1.807, 2.05) is 0 Å². The lowest BCUT2D eigenvalue weighted by Crippen LogP contribution is -2.32. The Labute approximate surface area is 139 Å². The SMILES string of the molecule is CC(C)c1ccc([C@@H](C)OC[C@H]2COCCO2)c(CN(C)C)n1. The largest absolute Gasteiger partial charge is 0.376 e. The molecule has 0 bridgehead atoms. The van der Waals surface area contributed by atoms with Crippen molar-refractivity contribution in [2.75, 3.05) is 40.5 Å². The molecule has 2 rings (SSSR count). The molecule has 2 atom stereocenters. The lowest BCUT2D eigenvalue weighted by Gasteiger charge is -2.25. The molecule has 0 N–H and O–H groups in total. The minimum atomic E-state index is -0.0100. The van der Waals surface area contributed by atoms with Crippen LogP contribution in [-0.2, 0) is 20.8 Å². The maximum Gasteiger partial charge on any atom is 0.104 e. The first-order chi connectivity index (χ1) is 11.0. The highest BCUT2D eigenvalue weighted by Crippen LogP contribution is 2.24. The number of rotatable bonds is 7. The third-order valence-electron chi connectivity index (χ3n) is 3.94. The fourth-order valence-corrected chi connectivity index (χ4v) is 2.62. The van der Waals surface area contributed by atoms with Gasteiger partial charge in [-0.05, 0) is 33.0 Å². The molecule has 1 aliphatic rings. The van der Waals surface area contributed by atoms with Gasteiger partial charge in [-0.15, -0.1) is 0 Å². The Morgan fingerprint density at radius 3 is 2.65 bits per heavy atom. The first-order valence-corrected chi connectivity index (χ1v) is 8.42. The molecular weight excluding hydrogens is 292 g/mol. The van der Waals surface area contributed by atoms with Crippen molar-refractivity contribution in [3.63, 3.8) is 0 Å². The van der Waals surface area contributed by atoms with Gasteiger partial charge < -0.3 is 19.1 Å². The van der Waals surface area contributed by atoms with E-state index in [1.54, 1.807) is 0 Å². The Hall–Kier alpha value is -1.01. The second kappa shape index (κ2) is 8.73. The van der Waals surface area contributed by atoms with Crippen molar-refractivity contribution in [1.82, 2.24) is 9.88 Å². The van der Waals surface area contributed by atoms with E-state index in [0.29, 0.717) is 32.3 Å². The summed E-state index contributed by atoms with van der Waals surface area (Å²) in [7, 11) is 4.12. The van der Waals surface area contributed by atoms with Crippen LogP contribution >= 0.6 is 0 Å². The molecule has 1 saturated heterocycles. The van der Waals surface area contributed by atoms with Gasteiger partial charge in [0, 0.05) is 17.8 Å². The topological polar surface area (TPSA) is 43.8 Å². The average Bonchev–Trinajstić information content (AvgIpc) is 2.53. The standard InChI is InChI=1S/C18H30N2O3/c1-13(2)17-7-6-16(18(19-17)10-20(4)5)14(3)23-12-15-11-21-8-9-22-15/h6-7,13-15H,8-12H2,1-5H3/t14-,15-/m1/s1. The number of hydrogen-bond donors (Lipinski definition) is 0. The molecule has 23 heavy (non-hydrogen) atoms. The van der Waals surface area contributed by atoms with Gasteiger partial charge in [-0.1, -0.05) is 19.9 Å². The summed E-state index contributed by atoms with van der Waals surface area (Å²) >= 11 is 0. The number of pyridine rings is 1. The molecule has 0 spiro atoms. The summed E-state index contributed by atoms with van der Waals surface area (Å²) in [5.74, 6) is 0.425. The first-order valence-electron chi connectivity index (χ1n) is 8.42. The molecule has 1 aromatic heterocycles. The molecule has 1 aromatic rings. The van der Waals surface area contributed by atoms with Crippen LogP contribution in [0.2, 0.25) is 0 Å². The second-order valence-corrected chi connectivity index (χ2v) is 6.71. The predicted molar refractivity (Wildman–Crippen MR) is 90.6 cm³/mol. The lowest BCUT2D eigenvalue weighted by molar-refractivity contribution is -0.123. The highest BCUT2D eigenvalue weighted by atomic mass is 16.6. The van der Waals surface area contributed by atoms with E-state index < -0.39 is 0 Å². The van der Waals surface area contributed by atoms with Crippen molar-refractivity contribution in [1.29, 1.82) is 0 Å². The Bertz CT molecular complexity index is 485. The van der Waals surface area contributed by atoms with Crippen molar-refractivity contribution >= 4 is 0 Å².